The van der Waals surface area contributed by atoms with Crippen LogP contribution >= 0.6 is 0 Å². The van der Waals surface area contributed by atoms with Crippen LogP contribution in [-0.2, 0) is 9.59 Å². The Balaban J connectivity index is 1.76. The number of rotatable bonds is 5. The fraction of sp³-hybridized carbons (Fsp3) is 0.474. The minimum atomic E-state index is -0.747. The van der Waals surface area contributed by atoms with Crippen molar-refractivity contribution in [3.8, 4) is 0 Å². The highest BCUT2D eigenvalue weighted by Crippen LogP contribution is 2.32. The molecule has 154 valence electrons. The smallest absolute Gasteiger partial charge is 0.247 e. The molecule has 1 aromatic carbocycles. The van der Waals surface area contributed by atoms with Gasteiger partial charge in [0, 0.05) is 29.2 Å². The molecular formula is C19H23F2N6O2+. The van der Waals surface area contributed by atoms with E-state index in [-0.39, 0.29) is 29.9 Å². The summed E-state index contributed by atoms with van der Waals surface area (Å²) in [5.74, 6) is -2.41. The molecule has 1 saturated heterocycles. The Kier molecular flexibility index (Phi) is 6.14. The van der Waals surface area contributed by atoms with E-state index in [1.807, 2.05) is 0 Å². The predicted octanol–water partition coefficient (Wildman–Crippen LogP) is 1.83. The van der Waals surface area contributed by atoms with E-state index in [1.54, 1.807) is 13.8 Å². The van der Waals surface area contributed by atoms with E-state index in [0.717, 1.165) is 17.7 Å². The first kappa shape index (κ1) is 20.8. The fourth-order valence-electron chi connectivity index (χ4n) is 4.03. The third kappa shape index (κ3) is 4.38. The molecule has 1 fully saturated rings. The van der Waals surface area contributed by atoms with Crippen molar-refractivity contribution in [2.45, 2.75) is 44.9 Å². The van der Waals surface area contributed by atoms with E-state index in [4.69, 9.17) is 5.53 Å². The predicted molar refractivity (Wildman–Crippen MR) is 99.3 cm³/mol. The van der Waals surface area contributed by atoms with Gasteiger partial charge in [-0.3, -0.25) is 14.9 Å². The molecule has 8 nitrogen and oxygen atoms in total. The normalized spacial score (nSPS) is 24.8. The zero-order chi connectivity index (χ0) is 21.1. The Morgan fingerprint density at radius 2 is 2.21 bits per heavy atom. The van der Waals surface area contributed by atoms with Crippen molar-refractivity contribution in [2.24, 2.45) is 11.0 Å². The number of piperidine rings is 1. The van der Waals surface area contributed by atoms with Crippen molar-refractivity contribution in [2.75, 3.05) is 6.54 Å². The number of amides is 2. The van der Waals surface area contributed by atoms with Gasteiger partial charge in [0.2, 0.25) is 16.7 Å². The summed E-state index contributed by atoms with van der Waals surface area (Å²) >= 11 is 0. The highest BCUT2D eigenvalue weighted by molar-refractivity contribution is 6.00. The molecule has 2 aliphatic rings. The number of nitrogens with one attached hydrogen (secondary N) is 4. The lowest BCUT2D eigenvalue weighted by Gasteiger charge is -2.39. The maximum Gasteiger partial charge on any atom is 0.247 e. The molecule has 2 aliphatic heterocycles. The van der Waals surface area contributed by atoms with E-state index in [2.05, 4.69) is 26.0 Å². The molecule has 10 heteroatoms. The third-order valence-corrected chi connectivity index (χ3v) is 5.48. The van der Waals surface area contributed by atoms with Gasteiger partial charge in [0.15, 0.2) is 6.17 Å². The minimum absolute atomic E-state index is 0.140. The summed E-state index contributed by atoms with van der Waals surface area (Å²) in [5, 5.41) is 12.6. The lowest BCUT2D eigenvalue weighted by molar-refractivity contribution is -0.124. The quantitative estimate of drug-likeness (QED) is 0.442. The number of carbonyl (C=O) groups excluding carboxylic acids is 2. The number of fused-ring (bicyclic) bond motifs is 1. The fourth-order valence-corrected chi connectivity index (χ4v) is 4.03. The lowest BCUT2D eigenvalue weighted by atomic mass is 9.79. The summed E-state index contributed by atoms with van der Waals surface area (Å²) in [6.07, 6.45) is 0.0776. The molecule has 0 bridgehead atoms. The van der Waals surface area contributed by atoms with Crippen LogP contribution < -0.4 is 20.9 Å². The summed E-state index contributed by atoms with van der Waals surface area (Å²) in [6, 6.07) is 2.33. The maximum atomic E-state index is 13.9. The average molecular weight is 405 g/mol. The van der Waals surface area contributed by atoms with Crippen molar-refractivity contribution < 1.29 is 18.4 Å². The number of hydrogen-bond donors (Lipinski definition) is 4. The zero-order valence-corrected chi connectivity index (χ0v) is 16.1. The molecular weight excluding hydrogens is 382 g/mol. The van der Waals surface area contributed by atoms with Gasteiger partial charge in [-0.2, -0.15) is 0 Å². The van der Waals surface area contributed by atoms with Gasteiger partial charge < -0.3 is 10.6 Å². The molecule has 0 radical (unpaired) electrons. The van der Waals surface area contributed by atoms with Crippen molar-refractivity contribution in [1.82, 2.24) is 20.9 Å². The second-order valence-corrected chi connectivity index (χ2v) is 7.30. The van der Waals surface area contributed by atoms with Crippen LogP contribution in [0.5, 0.6) is 0 Å². The molecule has 0 spiro atoms. The number of benzene rings is 1. The summed E-state index contributed by atoms with van der Waals surface area (Å²) in [5.41, 5.74) is 8.20. The van der Waals surface area contributed by atoms with Crippen LogP contribution in [0.2, 0.25) is 0 Å². The van der Waals surface area contributed by atoms with Crippen LogP contribution in [0, 0.1) is 23.1 Å². The Morgan fingerprint density at radius 3 is 2.90 bits per heavy atom. The number of halogens is 2. The highest BCUT2D eigenvalue weighted by Gasteiger charge is 2.43. The molecule has 4 N–H and O–H groups in total. The largest absolute Gasteiger partial charge is 0.349 e. The Morgan fingerprint density at radius 1 is 1.45 bits per heavy atom. The van der Waals surface area contributed by atoms with Gasteiger partial charge in [-0.25, -0.2) is 8.78 Å². The van der Waals surface area contributed by atoms with Gasteiger partial charge in [-0.15, -0.1) is 0 Å². The second-order valence-electron chi connectivity index (χ2n) is 7.30. The van der Waals surface area contributed by atoms with Crippen molar-refractivity contribution in [3.63, 3.8) is 0 Å². The average Bonchev–Trinajstić information content (AvgIpc) is 2.65. The minimum Gasteiger partial charge on any atom is -0.349 e. The van der Waals surface area contributed by atoms with Gasteiger partial charge in [-0.1, -0.05) is 11.6 Å². The van der Waals surface area contributed by atoms with E-state index >= 15 is 0 Å². The second kappa shape index (κ2) is 8.59. The van der Waals surface area contributed by atoms with Gasteiger partial charge in [0.25, 0.3) is 0 Å². The van der Waals surface area contributed by atoms with E-state index in [1.165, 1.54) is 6.07 Å². The Labute approximate surface area is 166 Å². The Hall–Kier alpha value is -2.97. The highest BCUT2D eigenvalue weighted by atomic mass is 19.1. The summed E-state index contributed by atoms with van der Waals surface area (Å²) in [7, 11) is 0. The molecule has 0 saturated carbocycles. The van der Waals surface area contributed by atoms with Crippen LogP contribution in [0.25, 0.3) is 0 Å². The van der Waals surface area contributed by atoms with Crippen LogP contribution in [0.1, 0.15) is 38.3 Å². The van der Waals surface area contributed by atoms with Crippen LogP contribution in [0.15, 0.2) is 34.5 Å². The summed E-state index contributed by atoms with van der Waals surface area (Å²) < 4.78 is 27.0. The van der Waals surface area contributed by atoms with Gasteiger partial charge in [-0.05, 0) is 32.9 Å². The Bertz CT molecular complexity index is 912. The van der Waals surface area contributed by atoms with E-state index in [9.17, 15) is 18.4 Å². The van der Waals surface area contributed by atoms with Crippen molar-refractivity contribution >= 4 is 11.8 Å². The van der Waals surface area contributed by atoms with Crippen molar-refractivity contribution in [1.29, 1.82) is 5.53 Å². The molecule has 2 amide bonds. The molecule has 2 heterocycles. The number of hydrogen-bond acceptors (Lipinski definition) is 5. The summed E-state index contributed by atoms with van der Waals surface area (Å²) in [4.78, 5) is 28.2. The number of carbonyl (C=O) groups is 2. The maximum absolute atomic E-state index is 13.9. The molecule has 4 atom stereocenters. The standard InChI is InChI=1S/C19H22F2N6O2/c1-9-13(19(29)25-15-5-6-23-18(17(9)15)26-27-22)8-16(28)24-10(2)12-4-3-11(20)7-14(12)21/h3-4,7,10,15,17-18,22-23H,5-6,8H2,1-2H3,(H-,24,25,28,29)/p+1/t10-,15?,17?,18?/m0/s1. The van der Waals surface area contributed by atoms with Gasteiger partial charge >= 0.3 is 0 Å². The molecule has 1 aromatic rings. The molecule has 29 heavy (non-hydrogen) atoms. The zero-order valence-electron chi connectivity index (χ0n) is 16.1. The molecule has 0 aromatic heterocycles. The van der Waals surface area contributed by atoms with Crippen LogP contribution in [0.4, 0.5) is 8.78 Å². The SMILES string of the molecule is CC1=C(CC(=O)N[C@@H](C)c2ccc(F)cc2F)C(=O)NC2CCNC(N=[N+]=N)C12. The van der Waals surface area contributed by atoms with Crippen LogP contribution in [0.3, 0.4) is 0 Å². The molecule has 0 aliphatic carbocycles. The summed E-state index contributed by atoms with van der Waals surface area (Å²) in [6.45, 7) is 4.00. The van der Waals surface area contributed by atoms with Crippen molar-refractivity contribution in [3.05, 3.63) is 46.5 Å². The topological polar surface area (TPSA) is 121 Å². The van der Waals surface area contributed by atoms with E-state index in [0.29, 0.717) is 18.5 Å². The number of nitrogens with zero attached hydrogens (tertiary/aromatic N) is 2. The molecule has 3 unspecified atom stereocenters. The molecule has 3 rings (SSSR count). The monoisotopic (exact) mass is 405 g/mol. The first-order valence-corrected chi connectivity index (χ1v) is 9.36. The first-order chi connectivity index (χ1) is 13.8. The third-order valence-electron chi connectivity index (χ3n) is 5.48. The lowest BCUT2D eigenvalue weighted by Crippen LogP contribution is -2.58. The van der Waals surface area contributed by atoms with E-state index < -0.39 is 29.7 Å². The van der Waals surface area contributed by atoms with Gasteiger partial charge in [0.05, 0.1) is 12.5 Å². The van der Waals surface area contributed by atoms with Crippen LogP contribution in [-0.4, -0.2) is 30.6 Å². The first-order valence-electron chi connectivity index (χ1n) is 9.36. The van der Waals surface area contributed by atoms with Gasteiger partial charge in [0.1, 0.15) is 22.3 Å².